The van der Waals surface area contributed by atoms with Gasteiger partial charge in [-0.1, -0.05) is 13.3 Å². The van der Waals surface area contributed by atoms with Crippen LogP contribution in [-0.4, -0.2) is 33.1 Å². The first-order valence-electron chi connectivity index (χ1n) is 5.93. The molecular weight excluding hydrogens is 236 g/mol. The molecule has 2 unspecified atom stereocenters. The number of aromatic amines is 1. The molecule has 1 aromatic heterocycles. The van der Waals surface area contributed by atoms with Crippen LogP contribution in [0, 0.1) is 0 Å². The van der Waals surface area contributed by atoms with Gasteiger partial charge in [-0.25, -0.2) is 0 Å². The summed E-state index contributed by atoms with van der Waals surface area (Å²) in [4.78, 5) is 12.0. The lowest BCUT2D eigenvalue weighted by molar-refractivity contribution is 0.0934. The molecule has 0 radical (unpaired) electrons. The zero-order chi connectivity index (χ0) is 12.3. The quantitative estimate of drug-likeness (QED) is 0.758. The molecule has 0 aromatic carbocycles. The normalized spacial score (nSPS) is 23.8. The average Bonchev–Trinajstić information content (AvgIpc) is 2.89. The second kappa shape index (κ2) is 5.44. The summed E-state index contributed by atoms with van der Waals surface area (Å²) < 4.78 is 0. The summed E-state index contributed by atoms with van der Waals surface area (Å²) in [5.74, 6) is 0.942. The molecule has 1 aromatic rings. The molecule has 2 rings (SSSR count). The van der Waals surface area contributed by atoms with Crippen molar-refractivity contribution in [2.45, 2.75) is 37.5 Å². The minimum absolute atomic E-state index is 0.145. The molecule has 6 heteroatoms. The van der Waals surface area contributed by atoms with Crippen LogP contribution < -0.4 is 11.1 Å². The van der Waals surface area contributed by atoms with E-state index in [4.69, 9.17) is 5.73 Å². The summed E-state index contributed by atoms with van der Waals surface area (Å²) in [5.41, 5.74) is 6.42. The van der Waals surface area contributed by atoms with Crippen molar-refractivity contribution in [2.24, 2.45) is 0 Å². The zero-order valence-corrected chi connectivity index (χ0v) is 10.7. The van der Waals surface area contributed by atoms with E-state index in [0.29, 0.717) is 16.6 Å². The number of nitrogens with two attached hydrogens (primary N) is 1. The van der Waals surface area contributed by atoms with Crippen LogP contribution >= 0.6 is 11.8 Å². The number of carbonyl (C=O) groups is 1. The fourth-order valence-corrected chi connectivity index (χ4v) is 3.42. The molecule has 1 heterocycles. The maximum atomic E-state index is 12.0. The Morgan fingerprint density at radius 1 is 1.71 bits per heavy atom. The fourth-order valence-electron chi connectivity index (χ4n) is 2.22. The molecule has 0 aliphatic heterocycles. The molecule has 4 N–H and O–H groups in total. The molecule has 1 fully saturated rings. The van der Waals surface area contributed by atoms with Crippen LogP contribution in [0.2, 0.25) is 0 Å². The van der Waals surface area contributed by atoms with Crippen LogP contribution in [0.15, 0.2) is 6.20 Å². The molecular formula is C11H18N4OS. The SMILES string of the molecule is CCSC1CCCC1NC(=O)c1[nH]ncc1N. The van der Waals surface area contributed by atoms with E-state index in [1.54, 1.807) is 0 Å². The van der Waals surface area contributed by atoms with E-state index in [-0.39, 0.29) is 11.9 Å². The molecule has 94 valence electrons. The minimum atomic E-state index is -0.145. The highest BCUT2D eigenvalue weighted by Gasteiger charge is 2.29. The molecule has 5 nitrogen and oxygen atoms in total. The molecule has 1 saturated carbocycles. The number of carbonyl (C=O) groups excluding carboxylic acids is 1. The number of rotatable bonds is 4. The Bertz CT molecular complexity index is 393. The van der Waals surface area contributed by atoms with E-state index in [1.165, 1.54) is 19.0 Å². The van der Waals surface area contributed by atoms with Gasteiger partial charge in [0.05, 0.1) is 11.9 Å². The maximum Gasteiger partial charge on any atom is 0.271 e. The summed E-state index contributed by atoms with van der Waals surface area (Å²) in [6.45, 7) is 2.15. The highest BCUT2D eigenvalue weighted by Crippen LogP contribution is 2.30. The fraction of sp³-hybridized carbons (Fsp3) is 0.636. The van der Waals surface area contributed by atoms with Crippen LogP contribution in [0.5, 0.6) is 0 Å². The van der Waals surface area contributed by atoms with Crippen LogP contribution in [0.4, 0.5) is 5.69 Å². The van der Waals surface area contributed by atoms with E-state index >= 15 is 0 Å². The molecule has 0 bridgehead atoms. The predicted octanol–water partition coefficient (Wildman–Crippen LogP) is 1.40. The van der Waals surface area contributed by atoms with E-state index in [1.807, 2.05) is 11.8 Å². The lowest BCUT2D eigenvalue weighted by Crippen LogP contribution is -2.39. The summed E-state index contributed by atoms with van der Waals surface area (Å²) >= 11 is 1.92. The molecule has 2 atom stereocenters. The number of nitrogens with zero attached hydrogens (tertiary/aromatic N) is 1. The van der Waals surface area contributed by atoms with Crippen LogP contribution in [-0.2, 0) is 0 Å². The van der Waals surface area contributed by atoms with Gasteiger partial charge in [-0.3, -0.25) is 9.89 Å². The van der Waals surface area contributed by atoms with E-state index in [0.717, 1.165) is 12.2 Å². The molecule has 0 spiro atoms. The Balaban J connectivity index is 1.97. The third-order valence-electron chi connectivity index (χ3n) is 3.05. The molecule has 0 saturated heterocycles. The highest BCUT2D eigenvalue weighted by molar-refractivity contribution is 7.99. The van der Waals surface area contributed by atoms with Gasteiger partial charge in [-0.15, -0.1) is 0 Å². The van der Waals surface area contributed by atoms with Crippen molar-refractivity contribution in [3.05, 3.63) is 11.9 Å². The lowest BCUT2D eigenvalue weighted by Gasteiger charge is -2.19. The number of hydrogen-bond acceptors (Lipinski definition) is 4. The number of H-pyrrole nitrogens is 1. The van der Waals surface area contributed by atoms with Crippen molar-refractivity contribution in [1.82, 2.24) is 15.5 Å². The van der Waals surface area contributed by atoms with Gasteiger partial charge in [0.2, 0.25) is 0 Å². The van der Waals surface area contributed by atoms with Crippen molar-refractivity contribution in [2.75, 3.05) is 11.5 Å². The Labute approximate surface area is 105 Å². The third kappa shape index (κ3) is 2.74. The van der Waals surface area contributed by atoms with Crippen LogP contribution in [0.3, 0.4) is 0 Å². The van der Waals surface area contributed by atoms with Crippen molar-refractivity contribution >= 4 is 23.4 Å². The standard InChI is InChI=1S/C11H18N4OS/c1-2-17-9-5-3-4-8(9)14-11(16)10-7(12)6-13-15-10/h6,8-9H,2-5,12H2,1H3,(H,13,15)(H,14,16). The second-order valence-corrected chi connectivity index (χ2v) is 5.72. The number of nitrogen functional groups attached to an aromatic ring is 1. The zero-order valence-electron chi connectivity index (χ0n) is 9.90. The lowest BCUT2D eigenvalue weighted by atomic mass is 10.2. The van der Waals surface area contributed by atoms with Crippen LogP contribution in [0.1, 0.15) is 36.7 Å². The van der Waals surface area contributed by atoms with Crippen molar-refractivity contribution in [3.8, 4) is 0 Å². The van der Waals surface area contributed by atoms with Gasteiger partial charge in [0, 0.05) is 11.3 Å². The van der Waals surface area contributed by atoms with Gasteiger partial charge < -0.3 is 11.1 Å². The molecule has 1 aliphatic rings. The van der Waals surface area contributed by atoms with Crippen molar-refractivity contribution in [3.63, 3.8) is 0 Å². The Hall–Kier alpha value is -1.17. The largest absolute Gasteiger partial charge is 0.396 e. The third-order valence-corrected chi connectivity index (χ3v) is 4.37. The Morgan fingerprint density at radius 2 is 2.53 bits per heavy atom. The van der Waals surface area contributed by atoms with E-state index in [2.05, 4.69) is 22.4 Å². The average molecular weight is 254 g/mol. The van der Waals surface area contributed by atoms with Gasteiger partial charge in [-0.2, -0.15) is 16.9 Å². The Morgan fingerprint density at radius 3 is 3.18 bits per heavy atom. The number of aromatic nitrogens is 2. The summed E-state index contributed by atoms with van der Waals surface area (Å²) in [6, 6.07) is 0.259. The van der Waals surface area contributed by atoms with Gasteiger partial charge in [0.1, 0.15) is 5.69 Å². The number of anilines is 1. The maximum absolute atomic E-state index is 12.0. The number of thioether (sulfide) groups is 1. The smallest absolute Gasteiger partial charge is 0.271 e. The number of nitrogens with one attached hydrogen (secondary N) is 2. The summed E-state index contributed by atoms with van der Waals surface area (Å²) in [6.07, 6.45) is 4.88. The summed E-state index contributed by atoms with van der Waals surface area (Å²) in [5, 5.41) is 9.97. The van der Waals surface area contributed by atoms with E-state index < -0.39 is 0 Å². The topological polar surface area (TPSA) is 83.8 Å². The van der Waals surface area contributed by atoms with E-state index in [9.17, 15) is 4.79 Å². The van der Waals surface area contributed by atoms with Crippen LogP contribution in [0.25, 0.3) is 0 Å². The predicted molar refractivity (Wildman–Crippen MR) is 70.0 cm³/mol. The van der Waals surface area contributed by atoms with Gasteiger partial charge in [0.15, 0.2) is 0 Å². The first-order valence-corrected chi connectivity index (χ1v) is 6.98. The van der Waals surface area contributed by atoms with Crippen molar-refractivity contribution < 1.29 is 4.79 Å². The first-order chi connectivity index (χ1) is 8.22. The number of hydrogen-bond donors (Lipinski definition) is 3. The Kier molecular flexibility index (Phi) is 3.93. The second-order valence-electron chi connectivity index (χ2n) is 4.20. The first kappa shape index (κ1) is 12.3. The molecule has 1 amide bonds. The van der Waals surface area contributed by atoms with Crippen molar-refractivity contribution in [1.29, 1.82) is 0 Å². The van der Waals surface area contributed by atoms with Gasteiger partial charge in [-0.05, 0) is 18.6 Å². The monoisotopic (exact) mass is 254 g/mol. The number of amides is 1. The molecule has 1 aliphatic carbocycles. The highest BCUT2D eigenvalue weighted by atomic mass is 32.2. The minimum Gasteiger partial charge on any atom is -0.396 e. The van der Waals surface area contributed by atoms with Gasteiger partial charge >= 0.3 is 0 Å². The summed E-state index contributed by atoms with van der Waals surface area (Å²) in [7, 11) is 0. The molecule has 17 heavy (non-hydrogen) atoms. The van der Waals surface area contributed by atoms with Gasteiger partial charge in [0.25, 0.3) is 5.91 Å².